The van der Waals surface area contributed by atoms with Crippen LogP contribution in [0.4, 0.5) is 5.69 Å². The first-order valence-corrected chi connectivity index (χ1v) is 12.1. The fourth-order valence-electron chi connectivity index (χ4n) is 3.03. The zero-order chi connectivity index (χ0) is 23.5. The van der Waals surface area contributed by atoms with Crippen LogP contribution in [0.3, 0.4) is 0 Å². The standard InChI is InChI=1S/C22H24N4O4S2/c1-5-12-26-21(28)17-8-6-7-9-18(17)24-22(26)31-14-20(27)23-16-11-10-15(2)19(13-16)32(29,30)25(3)4/h5-11,13H,1,12,14H2,2-4H3,(H,23,27). The lowest BCUT2D eigenvalue weighted by molar-refractivity contribution is -0.113. The number of fused-ring (bicyclic) bond motifs is 1. The van der Waals surface area contributed by atoms with E-state index in [1.54, 1.807) is 49.4 Å². The first-order chi connectivity index (χ1) is 15.1. The van der Waals surface area contributed by atoms with Gasteiger partial charge in [0.15, 0.2) is 5.16 Å². The van der Waals surface area contributed by atoms with E-state index in [-0.39, 0.29) is 28.7 Å². The lowest BCUT2D eigenvalue weighted by Gasteiger charge is -2.15. The number of hydrogen-bond acceptors (Lipinski definition) is 6. The Morgan fingerprint density at radius 3 is 2.66 bits per heavy atom. The maximum atomic E-state index is 12.8. The van der Waals surface area contributed by atoms with Gasteiger partial charge in [-0.15, -0.1) is 6.58 Å². The predicted molar refractivity (Wildman–Crippen MR) is 128 cm³/mol. The minimum absolute atomic E-state index is 0.00837. The number of allylic oxidation sites excluding steroid dienone is 1. The van der Waals surface area contributed by atoms with Crippen molar-refractivity contribution in [2.24, 2.45) is 0 Å². The number of nitrogens with zero attached hydrogens (tertiary/aromatic N) is 3. The van der Waals surface area contributed by atoms with Crippen molar-refractivity contribution in [1.29, 1.82) is 0 Å². The van der Waals surface area contributed by atoms with Crippen LogP contribution in [0.25, 0.3) is 10.9 Å². The van der Waals surface area contributed by atoms with Gasteiger partial charge in [-0.25, -0.2) is 17.7 Å². The summed E-state index contributed by atoms with van der Waals surface area (Å²) in [5, 5.41) is 3.62. The third-order valence-corrected chi connectivity index (χ3v) is 7.63. The second kappa shape index (κ2) is 9.68. The molecule has 32 heavy (non-hydrogen) atoms. The summed E-state index contributed by atoms with van der Waals surface area (Å²) >= 11 is 1.13. The number of carbonyl (C=O) groups excluding carboxylic acids is 1. The van der Waals surface area contributed by atoms with E-state index in [1.165, 1.54) is 24.7 Å². The Labute approximate surface area is 191 Å². The number of nitrogens with one attached hydrogen (secondary N) is 1. The Balaban J connectivity index is 1.81. The quantitative estimate of drug-likeness (QED) is 0.307. The topological polar surface area (TPSA) is 101 Å². The molecule has 0 saturated heterocycles. The highest BCUT2D eigenvalue weighted by Crippen LogP contribution is 2.23. The van der Waals surface area contributed by atoms with Gasteiger partial charge in [0.25, 0.3) is 5.56 Å². The van der Waals surface area contributed by atoms with Crippen LogP contribution in [0.15, 0.2) is 70.0 Å². The molecule has 0 atom stereocenters. The van der Waals surface area contributed by atoms with Crippen molar-refractivity contribution in [3.8, 4) is 0 Å². The average molecular weight is 473 g/mol. The van der Waals surface area contributed by atoms with Gasteiger partial charge in [-0.2, -0.15) is 0 Å². The summed E-state index contributed by atoms with van der Waals surface area (Å²) in [7, 11) is -0.731. The lowest BCUT2D eigenvalue weighted by Crippen LogP contribution is -2.24. The fraction of sp³-hybridized carbons (Fsp3) is 0.227. The number of aryl methyl sites for hydroxylation is 1. The molecule has 0 radical (unpaired) electrons. The molecule has 0 spiro atoms. The molecule has 0 saturated carbocycles. The number of sulfonamides is 1. The van der Waals surface area contributed by atoms with Gasteiger partial charge in [0.1, 0.15) is 0 Å². The molecule has 0 aliphatic carbocycles. The molecule has 1 amide bonds. The summed E-state index contributed by atoms with van der Waals surface area (Å²) in [6.07, 6.45) is 1.60. The number of amides is 1. The zero-order valence-electron chi connectivity index (χ0n) is 18.0. The number of anilines is 1. The highest BCUT2D eigenvalue weighted by Gasteiger charge is 2.20. The van der Waals surface area contributed by atoms with E-state index in [0.717, 1.165) is 16.1 Å². The van der Waals surface area contributed by atoms with Crippen LogP contribution < -0.4 is 10.9 Å². The van der Waals surface area contributed by atoms with Gasteiger partial charge in [0, 0.05) is 26.3 Å². The van der Waals surface area contributed by atoms with Crippen molar-refractivity contribution in [3.63, 3.8) is 0 Å². The maximum Gasteiger partial charge on any atom is 0.262 e. The summed E-state index contributed by atoms with van der Waals surface area (Å²) in [5.41, 5.74) is 1.31. The number of benzene rings is 2. The molecule has 8 nitrogen and oxygen atoms in total. The molecule has 0 aliphatic heterocycles. The van der Waals surface area contributed by atoms with Crippen molar-refractivity contribution in [2.75, 3.05) is 25.2 Å². The number of hydrogen-bond donors (Lipinski definition) is 1. The summed E-state index contributed by atoms with van der Waals surface area (Å²) < 4.78 is 27.6. The van der Waals surface area contributed by atoms with Crippen molar-refractivity contribution in [3.05, 3.63) is 71.0 Å². The molecule has 0 fully saturated rings. The molecule has 0 aliphatic rings. The molecular formula is C22H24N4O4S2. The van der Waals surface area contributed by atoms with E-state index >= 15 is 0 Å². The minimum Gasteiger partial charge on any atom is -0.325 e. The smallest absolute Gasteiger partial charge is 0.262 e. The van der Waals surface area contributed by atoms with Crippen LogP contribution in [-0.2, 0) is 21.4 Å². The molecule has 1 N–H and O–H groups in total. The van der Waals surface area contributed by atoms with Crippen molar-refractivity contribution in [1.82, 2.24) is 13.9 Å². The molecule has 10 heteroatoms. The van der Waals surface area contributed by atoms with Crippen LogP contribution >= 0.6 is 11.8 Å². The van der Waals surface area contributed by atoms with Gasteiger partial charge in [-0.05, 0) is 36.8 Å². The highest BCUT2D eigenvalue weighted by molar-refractivity contribution is 7.99. The van der Waals surface area contributed by atoms with Crippen LogP contribution in [0.1, 0.15) is 5.56 Å². The number of carbonyl (C=O) groups is 1. The van der Waals surface area contributed by atoms with E-state index in [9.17, 15) is 18.0 Å². The summed E-state index contributed by atoms with van der Waals surface area (Å²) in [4.78, 5) is 30.0. The van der Waals surface area contributed by atoms with E-state index in [1.807, 2.05) is 0 Å². The first-order valence-electron chi connectivity index (χ1n) is 9.71. The number of para-hydroxylation sites is 1. The Morgan fingerprint density at radius 2 is 1.97 bits per heavy atom. The summed E-state index contributed by atoms with van der Waals surface area (Å²) in [6, 6.07) is 11.8. The molecular weight excluding hydrogens is 448 g/mol. The Hall–Kier alpha value is -2.95. The molecule has 3 rings (SSSR count). The number of thioether (sulfide) groups is 1. The van der Waals surface area contributed by atoms with Crippen molar-refractivity contribution >= 4 is 44.3 Å². The lowest BCUT2D eigenvalue weighted by atomic mass is 10.2. The van der Waals surface area contributed by atoms with Gasteiger partial charge >= 0.3 is 0 Å². The zero-order valence-corrected chi connectivity index (χ0v) is 19.7. The van der Waals surface area contributed by atoms with Crippen LogP contribution in [-0.4, -0.2) is 48.0 Å². The van der Waals surface area contributed by atoms with Crippen LogP contribution in [0.5, 0.6) is 0 Å². The monoisotopic (exact) mass is 472 g/mol. The molecule has 168 valence electrons. The van der Waals surface area contributed by atoms with E-state index in [4.69, 9.17) is 0 Å². The minimum atomic E-state index is -3.64. The van der Waals surface area contributed by atoms with Crippen molar-refractivity contribution < 1.29 is 13.2 Å². The van der Waals surface area contributed by atoms with E-state index in [0.29, 0.717) is 27.3 Å². The van der Waals surface area contributed by atoms with E-state index in [2.05, 4.69) is 16.9 Å². The number of aromatic nitrogens is 2. The van der Waals surface area contributed by atoms with Crippen LogP contribution in [0.2, 0.25) is 0 Å². The van der Waals surface area contributed by atoms with Crippen LogP contribution in [0, 0.1) is 6.92 Å². The molecule has 3 aromatic rings. The molecule has 0 bridgehead atoms. The Bertz CT molecular complexity index is 1350. The van der Waals surface area contributed by atoms with Gasteiger partial charge in [-0.3, -0.25) is 14.2 Å². The van der Waals surface area contributed by atoms with Crippen molar-refractivity contribution in [2.45, 2.75) is 23.5 Å². The third-order valence-electron chi connectivity index (χ3n) is 4.70. The molecule has 1 heterocycles. The Morgan fingerprint density at radius 1 is 1.25 bits per heavy atom. The van der Waals surface area contributed by atoms with Gasteiger partial charge in [-0.1, -0.05) is 36.0 Å². The summed E-state index contributed by atoms with van der Waals surface area (Å²) in [5.74, 6) is -0.356. The predicted octanol–water partition coefficient (Wildman–Crippen LogP) is 2.87. The largest absolute Gasteiger partial charge is 0.325 e. The van der Waals surface area contributed by atoms with Gasteiger partial charge in [0.05, 0.1) is 21.6 Å². The first kappa shape index (κ1) is 23.7. The fourth-order valence-corrected chi connectivity index (χ4v) is 4.98. The highest BCUT2D eigenvalue weighted by atomic mass is 32.2. The SMILES string of the molecule is C=CCn1c(SCC(=O)Nc2ccc(C)c(S(=O)(=O)N(C)C)c2)nc2ccccc2c1=O. The normalized spacial score (nSPS) is 11.6. The van der Waals surface area contributed by atoms with Gasteiger partial charge in [0.2, 0.25) is 15.9 Å². The Kier molecular flexibility index (Phi) is 7.17. The molecule has 1 aromatic heterocycles. The average Bonchev–Trinajstić information content (AvgIpc) is 2.75. The molecule has 0 unspecified atom stereocenters. The second-order valence-electron chi connectivity index (χ2n) is 7.22. The van der Waals surface area contributed by atoms with Gasteiger partial charge < -0.3 is 5.32 Å². The maximum absolute atomic E-state index is 12.8. The number of rotatable bonds is 8. The van der Waals surface area contributed by atoms with E-state index < -0.39 is 10.0 Å². The second-order valence-corrected chi connectivity index (χ2v) is 10.3. The molecule has 2 aromatic carbocycles. The summed E-state index contributed by atoms with van der Waals surface area (Å²) in [6.45, 7) is 5.65. The third kappa shape index (κ3) is 4.93.